The fraction of sp³-hybridized carbons (Fsp3) is 0.318. The summed E-state index contributed by atoms with van der Waals surface area (Å²) in [7, 11) is 0. The zero-order valence-corrected chi connectivity index (χ0v) is 18.0. The van der Waals surface area contributed by atoms with E-state index in [4.69, 9.17) is 4.74 Å². The highest BCUT2D eigenvalue weighted by Gasteiger charge is 2.20. The lowest BCUT2D eigenvalue weighted by Gasteiger charge is -2.16. The minimum atomic E-state index is -0.371. The second-order valence-corrected chi connectivity index (χ2v) is 7.73. The number of nitrogens with zero attached hydrogens (tertiary/aromatic N) is 3. The number of rotatable bonds is 9. The van der Waals surface area contributed by atoms with E-state index in [9.17, 15) is 9.18 Å². The maximum absolute atomic E-state index is 13.1. The monoisotopic (exact) mass is 428 g/mol. The molecule has 0 bridgehead atoms. The largest absolute Gasteiger partial charge is 0.483 e. The molecule has 0 spiro atoms. The number of hydrogen-bond donors (Lipinski definition) is 1. The van der Waals surface area contributed by atoms with Gasteiger partial charge in [-0.25, -0.2) is 4.39 Å². The van der Waals surface area contributed by atoms with Gasteiger partial charge in [0.15, 0.2) is 17.1 Å². The van der Waals surface area contributed by atoms with Crippen LogP contribution in [0.2, 0.25) is 0 Å². The van der Waals surface area contributed by atoms with Crippen LogP contribution in [-0.4, -0.2) is 26.4 Å². The van der Waals surface area contributed by atoms with Crippen molar-refractivity contribution in [3.8, 4) is 5.75 Å². The van der Waals surface area contributed by atoms with E-state index < -0.39 is 0 Å². The molecule has 158 valence electrons. The van der Waals surface area contributed by atoms with Crippen LogP contribution in [0.15, 0.2) is 59.8 Å². The Balaban J connectivity index is 1.59. The fourth-order valence-corrected chi connectivity index (χ4v) is 3.83. The molecule has 8 heteroatoms. The van der Waals surface area contributed by atoms with Crippen LogP contribution in [0.25, 0.3) is 0 Å². The zero-order chi connectivity index (χ0) is 21.5. The maximum Gasteiger partial charge on any atom is 0.230 e. The fourth-order valence-electron chi connectivity index (χ4n) is 3.01. The minimum Gasteiger partial charge on any atom is -0.483 e. The molecule has 3 aromatic rings. The van der Waals surface area contributed by atoms with Crippen molar-refractivity contribution >= 4 is 17.7 Å². The second-order valence-electron chi connectivity index (χ2n) is 6.79. The van der Waals surface area contributed by atoms with Crippen molar-refractivity contribution in [1.82, 2.24) is 20.1 Å². The summed E-state index contributed by atoms with van der Waals surface area (Å²) < 4.78 is 20.9. The molecular formula is C22H25FN4O2S. The summed E-state index contributed by atoms with van der Waals surface area (Å²) in [6.45, 7) is 6.45. The summed E-state index contributed by atoms with van der Waals surface area (Å²) in [5.41, 5.74) is 1.06. The lowest BCUT2D eigenvalue weighted by atomic mass is 10.1. The summed E-state index contributed by atoms with van der Waals surface area (Å²) in [5, 5.41) is 12.1. The molecule has 1 N–H and O–H groups in total. The third kappa shape index (κ3) is 5.60. The van der Waals surface area contributed by atoms with Gasteiger partial charge in [0, 0.05) is 6.54 Å². The van der Waals surface area contributed by atoms with Gasteiger partial charge in [0.1, 0.15) is 11.6 Å². The number of nitrogens with one attached hydrogen (secondary N) is 1. The summed E-state index contributed by atoms with van der Waals surface area (Å²) in [6.07, 6.45) is -0.371. The Morgan fingerprint density at radius 3 is 2.50 bits per heavy atom. The molecule has 0 aliphatic rings. The van der Waals surface area contributed by atoms with Crippen LogP contribution in [0.3, 0.4) is 0 Å². The summed E-state index contributed by atoms with van der Waals surface area (Å²) in [6, 6.07) is 15.6. The van der Waals surface area contributed by atoms with Crippen molar-refractivity contribution in [3.05, 3.63) is 71.8 Å². The summed E-state index contributed by atoms with van der Waals surface area (Å²) in [4.78, 5) is 12.4. The lowest BCUT2D eigenvalue weighted by Crippen LogP contribution is -2.28. The van der Waals surface area contributed by atoms with E-state index in [1.807, 2.05) is 55.7 Å². The smallest absolute Gasteiger partial charge is 0.230 e. The first-order valence-corrected chi connectivity index (χ1v) is 10.8. The van der Waals surface area contributed by atoms with Crippen molar-refractivity contribution in [1.29, 1.82) is 0 Å². The number of benzene rings is 2. The van der Waals surface area contributed by atoms with Crippen molar-refractivity contribution in [2.75, 3.05) is 5.75 Å². The Kier molecular flexibility index (Phi) is 7.46. The first-order chi connectivity index (χ1) is 14.5. The molecular weight excluding hydrogens is 403 g/mol. The van der Waals surface area contributed by atoms with Crippen LogP contribution >= 0.6 is 11.8 Å². The predicted molar refractivity (Wildman–Crippen MR) is 115 cm³/mol. The average Bonchev–Trinajstić information content (AvgIpc) is 3.17. The number of carbonyl (C=O) groups excluding carboxylic acids is 1. The van der Waals surface area contributed by atoms with Crippen LogP contribution in [0.1, 0.15) is 44.3 Å². The quantitative estimate of drug-likeness (QED) is 0.507. The lowest BCUT2D eigenvalue weighted by molar-refractivity contribution is -0.119. The standard InChI is InChI=1S/C22H25FN4O2S/c1-4-27-21(16(3)29-19-12-10-18(23)11-13-19)25-26-22(27)30-14-20(28)24-15(2)17-8-6-5-7-9-17/h5-13,15-16H,4,14H2,1-3H3,(H,24,28). The van der Waals surface area contributed by atoms with Crippen molar-refractivity contribution in [2.45, 2.75) is 44.6 Å². The molecule has 3 rings (SSSR count). The topological polar surface area (TPSA) is 69.0 Å². The number of hydrogen-bond acceptors (Lipinski definition) is 5. The van der Waals surface area contributed by atoms with Gasteiger partial charge in [-0.05, 0) is 50.6 Å². The van der Waals surface area contributed by atoms with E-state index >= 15 is 0 Å². The highest BCUT2D eigenvalue weighted by molar-refractivity contribution is 7.99. The molecule has 0 aliphatic carbocycles. The SMILES string of the molecule is CCn1c(SCC(=O)NC(C)c2ccccc2)nnc1C(C)Oc1ccc(F)cc1. The number of amides is 1. The Morgan fingerprint density at radius 1 is 1.13 bits per heavy atom. The first kappa shape index (κ1) is 21.8. The summed E-state index contributed by atoms with van der Waals surface area (Å²) >= 11 is 1.34. The maximum atomic E-state index is 13.1. The first-order valence-electron chi connectivity index (χ1n) is 9.80. The molecule has 30 heavy (non-hydrogen) atoms. The predicted octanol–water partition coefficient (Wildman–Crippen LogP) is 4.55. The number of carbonyl (C=O) groups is 1. The third-order valence-corrected chi connectivity index (χ3v) is 5.53. The molecule has 2 atom stereocenters. The average molecular weight is 429 g/mol. The molecule has 2 aromatic carbocycles. The molecule has 0 radical (unpaired) electrons. The van der Waals surface area contributed by atoms with E-state index in [-0.39, 0.29) is 29.6 Å². The van der Waals surface area contributed by atoms with E-state index in [0.29, 0.717) is 23.3 Å². The number of ether oxygens (including phenoxy) is 1. The Hall–Kier alpha value is -2.87. The molecule has 6 nitrogen and oxygen atoms in total. The third-order valence-electron chi connectivity index (χ3n) is 4.56. The van der Waals surface area contributed by atoms with Gasteiger partial charge in [-0.3, -0.25) is 4.79 Å². The number of halogens is 1. The van der Waals surface area contributed by atoms with E-state index in [2.05, 4.69) is 15.5 Å². The molecule has 1 aromatic heterocycles. The van der Waals surface area contributed by atoms with E-state index in [0.717, 1.165) is 5.56 Å². The van der Waals surface area contributed by atoms with Crippen molar-refractivity contribution < 1.29 is 13.9 Å². The van der Waals surface area contributed by atoms with Crippen LogP contribution in [0.5, 0.6) is 5.75 Å². The van der Waals surface area contributed by atoms with Crippen molar-refractivity contribution in [3.63, 3.8) is 0 Å². The number of thioether (sulfide) groups is 1. The van der Waals surface area contributed by atoms with Crippen LogP contribution < -0.4 is 10.1 Å². The summed E-state index contributed by atoms with van der Waals surface area (Å²) in [5.74, 6) is 1.06. The van der Waals surface area contributed by atoms with Gasteiger partial charge in [0.25, 0.3) is 0 Å². The minimum absolute atomic E-state index is 0.0666. The van der Waals surface area contributed by atoms with Gasteiger partial charge >= 0.3 is 0 Å². The highest BCUT2D eigenvalue weighted by Crippen LogP contribution is 2.25. The highest BCUT2D eigenvalue weighted by atomic mass is 32.2. The van der Waals surface area contributed by atoms with E-state index in [1.54, 1.807) is 12.1 Å². The Labute approximate surface area is 179 Å². The van der Waals surface area contributed by atoms with Crippen molar-refractivity contribution in [2.24, 2.45) is 0 Å². The van der Waals surface area contributed by atoms with Gasteiger partial charge in [0.05, 0.1) is 11.8 Å². The molecule has 1 amide bonds. The molecule has 0 aliphatic heterocycles. The van der Waals surface area contributed by atoms with Crippen LogP contribution in [0.4, 0.5) is 4.39 Å². The molecule has 0 saturated carbocycles. The molecule has 0 saturated heterocycles. The molecule has 1 heterocycles. The van der Waals surface area contributed by atoms with Crippen LogP contribution in [0, 0.1) is 5.82 Å². The Bertz CT molecular complexity index is 963. The van der Waals surface area contributed by atoms with Gasteiger partial charge in [-0.2, -0.15) is 0 Å². The van der Waals surface area contributed by atoms with Gasteiger partial charge < -0.3 is 14.6 Å². The second kappa shape index (κ2) is 10.2. The molecule has 0 fully saturated rings. The van der Waals surface area contributed by atoms with Crippen LogP contribution in [-0.2, 0) is 11.3 Å². The zero-order valence-electron chi connectivity index (χ0n) is 17.2. The Morgan fingerprint density at radius 2 is 1.83 bits per heavy atom. The van der Waals surface area contributed by atoms with E-state index in [1.165, 1.54) is 23.9 Å². The molecule has 2 unspecified atom stereocenters. The van der Waals surface area contributed by atoms with Gasteiger partial charge in [-0.15, -0.1) is 10.2 Å². The number of aromatic nitrogens is 3. The van der Waals surface area contributed by atoms with Gasteiger partial charge in [0.2, 0.25) is 5.91 Å². The van der Waals surface area contributed by atoms with Gasteiger partial charge in [-0.1, -0.05) is 42.1 Å². The normalized spacial score (nSPS) is 12.9.